The summed E-state index contributed by atoms with van der Waals surface area (Å²) in [5, 5.41) is 18.0. The fourth-order valence-corrected chi connectivity index (χ4v) is 2.28. The Bertz CT molecular complexity index is 904. The number of nitrogens with zero attached hydrogens (tertiary/aromatic N) is 3. The molecule has 0 unspecified atom stereocenters. The molecule has 3 aromatic rings. The normalized spacial score (nSPS) is 10.5. The molecule has 0 fully saturated rings. The van der Waals surface area contributed by atoms with Gasteiger partial charge in [-0.25, -0.2) is 9.78 Å². The minimum atomic E-state index is -0.978. The highest BCUT2D eigenvalue weighted by atomic mass is 16.4. The zero-order valence-corrected chi connectivity index (χ0v) is 11.2. The number of fused-ring (bicyclic) bond motifs is 1. The molecule has 0 saturated carbocycles. The van der Waals surface area contributed by atoms with Crippen LogP contribution in [-0.4, -0.2) is 20.6 Å². The Hall–Kier alpha value is -3.13. The van der Waals surface area contributed by atoms with E-state index in [1.807, 2.05) is 17.6 Å². The van der Waals surface area contributed by atoms with Gasteiger partial charge in [0, 0.05) is 0 Å². The van der Waals surface area contributed by atoms with Gasteiger partial charge in [0.15, 0.2) is 0 Å². The standard InChI is InChI=1S/C16H11N3O2/c1-10-2-3-11(8-17)6-15(10)19-9-18-13-7-12(16(20)21)4-5-14(13)19/h2-7,9H,1H3,(H,20,21). The van der Waals surface area contributed by atoms with Crippen LogP contribution in [0, 0.1) is 18.3 Å². The van der Waals surface area contributed by atoms with E-state index >= 15 is 0 Å². The molecule has 0 saturated heterocycles. The highest BCUT2D eigenvalue weighted by molar-refractivity contribution is 5.92. The maximum Gasteiger partial charge on any atom is 0.335 e. The van der Waals surface area contributed by atoms with Crippen molar-refractivity contribution >= 4 is 17.0 Å². The van der Waals surface area contributed by atoms with E-state index in [4.69, 9.17) is 10.4 Å². The van der Waals surface area contributed by atoms with E-state index in [1.165, 1.54) is 6.07 Å². The third kappa shape index (κ3) is 2.13. The summed E-state index contributed by atoms with van der Waals surface area (Å²) in [5.74, 6) is -0.978. The molecule has 0 amide bonds. The second-order valence-corrected chi connectivity index (χ2v) is 4.74. The van der Waals surface area contributed by atoms with Crippen LogP contribution in [0.5, 0.6) is 0 Å². The largest absolute Gasteiger partial charge is 0.478 e. The Morgan fingerprint density at radius 1 is 1.29 bits per heavy atom. The highest BCUT2D eigenvalue weighted by Gasteiger charge is 2.10. The third-order valence-corrected chi connectivity index (χ3v) is 3.39. The first-order valence-corrected chi connectivity index (χ1v) is 6.31. The average Bonchev–Trinajstić information content (AvgIpc) is 2.90. The minimum Gasteiger partial charge on any atom is -0.478 e. The predicted octanol–water partition coefficient (Wildman–Crippen LogP) is 2.90. The smallest absolute Gasteiger partial charge is 0.335 e. The summed E-state index contributed by atoms with van der Waals surface area (Å²) in [6.45, 7) is 1.95. The molecule has 2 aromatic carbocycles. The zero-order valence-electron chi connectivity index (χ0n) is 11.2. The molecule has 0 aliphatic carbocycles. The summed E-state index contributed by atoms with van der Waals surface area (Å²) in [6, 6.07) is 12.4. The summed E-state index contributed by atoms with van der Waals surface area (Å²) < 4.78 is 1.86. The van der Waals surface area contributed by atoms with E-state index in [2.05, 4.69) is 11.1 Å². The molecule has 1 aromatic heterocycles. The van der Waals surface area contributed by atoms with E-state index in [0.717, 1.165) is 16.8 Å². The first-order chi connectivity index (χ1) is 10.1. The van der Waals surface area contributed by atoms with E-state index in [9.17, 15) is 4.79 Å². The number of aromatic carboxylic acids is 1. The Labute approximate surface area is 120 Å². The quantitative estimate of drug-likeness (QED) is 0.781. The lowest BCUT2D eigenvalue weighted by Gasteiger charge is -2.08. The molecule has 5 nitrogen and oxygen atoms in total. The second kappa shape index (κ2) is 4.76. The fraction of sp³-hybridized carbons (Fsp3) is 0.0625. The number of carboxylic acids is 1. The van der Waals surface area contributed by atoms with Gasteiger partial charge < -0.3 is 5.11 Å². The third-order valence-electron chi connectivity index (χ3n) is 3.39. The minimum absolute atomic E-state index is 0.204. The van der Waals surface area contributed by atoms with Gasteiger partial charge in [0.05, 0.1) is 33.9 Å². The molecule has 0 radical (unpaired) electrons. The lowest BCUT2D eigenvalue weighted by molar-refractivity contribution is 0.0697. The first kappa shape index (κ1) is 12.9. The van der Waals surface area contributed by atoms with Crippen molar-refractivity contribution in [2.45, 2.75) is 6.92 Å². The van der Waals surface area contributed by atoms with Gasteiger partial charge in [-0.15, -0.1) is 0 Å². The molecule has 0 aliphatic rings. The summed E-state index contributed by atoms with van der Waals surface area (Å²) in [5.41, 5.74) is 4.06. The van der Waals surface area contributed by atoms with Crippen LogP contribution >= 0.6 is 0 Å². The number of nitriles is 1. The van der Waals surface area contributed by atoms with Gasteiger partial charge in [-0.1, -0.05) is 6.07 Å². The number of carbonyl (C=O) groups is 1. The van der Waals surface area contributed by atoms with Crippen molar-refractivity contribution in [1.82, 2.24) is 9.55 Å². The molecule has 0 bridgehead atoms. The van der Waals surface area contributed by atoms with Crippen LogP contribution in [0.1, 0.15) is 21.5 Å². The van der Waals surface area contributed by atoms with Crippen LogP contribution in [0.3, 0.4) is 0 Å². The Kier molecular flexibility index (Phi) is 2.92. The SMILES string of the molecule is Cc1ccc(C#N)cc1-n1cnc2cc(C(=O)O)ccc21. The van der Waals surface area contributed by atoms with Crippen molar-refractivity contribution in [1.29, 1.82) is 5.26 Å². The molecule has 3 rings (SSSR count). The molecule has 0 aliphatic heterocycles. The van der Waals surface area contributed by atoms with Gasteiger partial charge in [-0.05, 0) is 42.8 Å². The van der Waals surface area contributed by atoms with E-state index in [1.54, 1.807) is 30.6 Å². The van der Waals surface area contributed by atoms with Crippen molar-refractivity contribution in [3.63, 3.8) is 0 Å². The number of benzene rings is 2. The number of aromatic nitrogens is 2. The number of hydrogen-bond acceptors (Lipinski definition) is 3. The Balaban J connectivity index is 2.22. The van der Waals surface area contributed by atoms with Gasteiger partial charge in [0.25, 0.3) is 0 Å². The highest BCUT2D eigenvalue weighted by Crippen LogP contribution is 2.22. The lowest BCUT2D eigenvalue weighted by Crippen LogP contribution is -1.98. The van der Waals surface area contributed by atoms with Crippen LogP contribution in [0.2, 0.25) is 0 Å². The molecule has 21 heavy (non-hydrogen) atoms. The molecule has 0 atom stereocenters. The fourth-order valence-electron chi connectivity index (χ4n) is 2.28. The van der Waals surface area contributed by atoms with Crippen molar-refractivity contribution in [2.75, 3.05) is 0 Å². The number of imidazole rings is 1. The first-order valence-electron chi connectivity index (χ1n) is 6.31. The monoisotopic (exact) mass is 277 g/mol. The van der Waals surface area contributed by atoms with Crippen LogP contribution < -0.4 is 0 Å². The summed E-state index contributed by atoms with van der Waals surface area (Å²) >= 11 is 0. The zero-order chi connectivity index (χ0) is 15.0. The Morgan fingerprint density at radius 3 is 2.81 bits per heavy atom. The van der Waals surface area contributed by atoms with Gasteiger partial charge in [-0.3, -0.25) is 4.57 Å². The van der Waals surface area contributed by atoms with Crippen molar-refractivity contribution in [2.24, 2.45) is 0 Å². The maximum absolute atomic E-state index is 11.0. The van der Waals surface area contributed by atoms with E-state index < -0.39 is 5.97 Å². The van der Waals surface area contributed by atoms with Gasteiger partial charge in [0.1, 0.15) is 6.33 Å². The predicted molar refractivity (Wildman–Crippen MR) is 77.5 cm³/mol. The molecule has 1 heterocycles. The van der Waals surface area contributed by atoms with Crippen LogP contribution in [0.25, 0.3) is 16.7 Å². The molecule has 5 heteroatoms. The van der Waals surface area contributed by atoms with Crippen molar-refractivity contribution in [3.05, 3.63) is 59.4 Å². The number of aryl methyl sites for hydroxylation is 1. The summed E-state index contributed by atoms with van der Waals surface area (Å²) in [4.78, 5) is 15.2. The van der Waals surface area contributed by atoms with Gasteiger partial charge >= 0.3 is 5.97 Å². The van der Waals surface area contributed by atoms with Gasteiger partial charge in [-0.2, -0.15) is 5.26 Å². The summed E-state index contributed by atoms with van der Waals surface area (Å²) in [6.07, 6.45) is 1.64. The average molecular weight is 277 g/mol. The summed E-state index contributed by atoms with van der Waals surface area (Å²) in [7, 11) is 0. The molecular formula is C16H11N3O2. The van der Waals surface area contributed by atoms with Crippen LogP contribution in [0.15, 0.2) is 42.7 Å². The van der Waals surface area contributed by atoms with Crippen molar-refractivity contribution in [3.8, 4) is 11.8 Å². The van der Waals surface area contributed by atoms with Gasteiger partial charge in [0.2, 0.25) is 0 Å². The second-order valence-electron chi connectivity index (χ2n) is 4.74. The molecule has 0 spiro atoms. The number of rotatable bonds is 2. The molecule has 102 valence electrons. The van der Waals surface area contributed by atoms with E-state index in [-0.39, 0.29) is 5.56 Å². The maximum atomic E-state index is 11.0. The molecular weight excluding hydrogens is 266 g/mol. The van der Waals surface area contributed by atoms with Crippen molar-refractivity contribution < 1.29 is 9.90 Å². The lowest BCUT2D eigenvalue weighted by atomic mass is 10.1. The van der Waals surface area contributed by atoms with E-state index in [0.29, 0.717) is 11.1 Å². The number of carboxylic acid groups (broad SMARTS) is 1. The molecule has 1 N–H and O–H groups in total. The van der Waals surface area contributed by atoms with Crippen LogP contribution in [-0.2, 0) is 0 Å². The Morgan fingerprint density at radius 2 is 2.10 bits per heavy atom. The van der Waals surface area contributed by atoms with Crippen LogP contribution in [0.4, 0.5) is 0 Å². The topological polar surface area (TPSA) is 78.9 Å². The number of hydrogen-bond donors (Lipinski definition) is 1.